The Labute approximate surface area is 208 Å². The summed E-state index contributed by atoms with van der Waals surface area (Å²) in [5.74, 6) is 1.15. The van der Waals surface area contributed by atoms with Crippen LogP contribution in [0.3, 0.4) is 0 Å². The number of benzene rings is 2. The molecule has 2 aromatic carbocycles. The van der Waals surface area contributed by atoms with Crippen LogP contribution in [-0.4, -0.2) is 50.9 Å². The molecule has 2 aromatic rings. The average Bonchev–Trinajstić information content (AvgIpc) is 2.79. The molecule has 0 radical (unpaired) electrons. The molecule has 1 fully saturated rings. The first-order valence-electron chi connectivity index (χ1n) is 10.3. The third-order valence-corrected chi connectivity index (χ3v) is 9.02. The van der Waals surface area contributed by atoms with Gasteiger partial charge in [-0.1, -0.05) is 29.3 Å². The summed E-state index contributed by atoms with van der Waals surface area (Å²) in [5, 5.41) is 1.19. The van der Waals surface area contributed by atoms with Gasteiger partial charge in [0.2, 0.25) is 10.0 Å². The van der Waals surface area contributed by atoms with Crippen molar-refractivity contribution in [2.75, 3.05) is 31.6 Å². The van der Waals surface area contributed by atoms with Crippen LogP contribution in [0.5, 0.6) is 0 Å². The van der Waals surface area contributed by atoms with E-state index in [1.54, 1.807) is 36.0 Å². The van der Waals surface area contributed by atoms with Crippen LogP contribution in [0.4, 0.5) is 0 Å². The van der Waals surface area contributed by atoms with Gasteiger partial charge in [-0.05, 0) is 61.4 Å². The number of hydrogen-bond acceptors (Lipinski definition) is 5. The topological polar surface area (TPSA) is 66.5 Å². The quantitative estimate of drug-likeness (QED) is 0.338. The van der Waals surface area contributed by atoms with Crippen LogP contribution in [-0.2, 0) is 15.8 Å². The van der Waals surface area contributed by atoms with Gasteiger partial charge in [0.25, 0.3) is 5.91 Å². The number of carbonyl (C=O) groups is 1. The Morgan fingerprint density at radius 1 is 1.09 bits per heavy atom. The molecule has 1 heterocycles. The van der Waals surface area contributed by atoms with Gasteiger partial charge >= 0.3 is 0 Å². The summed E-state index contributed by atoms with van der Waals surface area (Å²) in [6.45, 7) is 1.71. The van der Waals surface area contributed by atoms with E-state index >= 15 is 0 Å². The number of amides is 1. The highest BCUT2D eigenvalue weighted by atomic mass is 35.5. The van der Waals surface area contributed by atoms with Crippen molar-refractivity contribution in [3.63, 3.8) is 0 Å². The van der Waals surface area contributed by atoms with Gasteiger partial charge in [-0.25, -0.2) is 13.1 Å². The molecule has 32 heavy (non-hydrogen) atoms. The van der Waals surface area contributed by atoms with Crippen molar-refractivity contribution < 1.29 is 13.2 Å². The zero-order valence-corrected chi connectivity index (χ0v) is 21.7. The monoisotopic (exact) mass is 532 g/mol. The van der Waals surface area contributed by atoms with Gasteiger partial charge in [-0.15, -0.1) is 11.8 Å². The van der Waals surface area contributed by atoms with Crippen molar-refractivity contribution in [3.05, 3.63) is 57.6 Å². The van der Waals surface area contributed by atoms with Crippen LogP contribution >= 0.6 is 46.7 Å². The highest BCUT2D eigenvalue weighted by molar-refractivity contribution is 7.98. The Morgan fingerprint density at radius 3 is 2.53 bits per heavy atom. The number of nitrogens with one attached hydrogen (secondary N) is 1. The van der Waals surface area contributed by atoms with Gasteiger partial charge in [0.15, 0.2) is 0 Å². The summed E-state index contributed by atoms with van der Waals surface area (Å²) < 4.78 is 28.3. The average molecular weight is 534 g/mol. The number of carbonyl (C=O) groups excluding carboxylic acids is 1. The lowest BCUT2D eigenvalue weighted by molar-refractivity contribution is 0.0720. The number of thioether (sulfide) groups is 2. The first-order valence-corrected chi connectivity index (χ1v) is 14.9. The van der Waals surface area contributed by atoms with E-state index in [-0.39, 0.29) is 17.3 Å². The predicted molar refractivity (Wildman–Crippen MR) is 136 cm³/mol. The molecule has 1 N–H and O–H groups in total. The molecular formula is C22H26Cl2N2O3S3. The van der Waals surface area contributed by atoms with E-state index in [1.807, 2.05) is 17.2 Å². The number of sulfonamides is 1. The molecule has 1 saturated heterocycles. The van der Waals surface area contributed by atoms with Gasteiger partial charge < -0.3 is 4.90 Å². The number of hydrogen-bond donors (Lipinski definition) is 1. The second kappa shape index (κ2) is 12.0. The Hall–Kier alpha value is -0.900. The van der Waals surface area contributed by atoms with E-state index < -0.39 is 10.0 Å². The smallest absolute Gasteiger partial charge is 0.255 e. The van der Waals surface area contributed by atoms with Crippen LogP contribution in [0.1, 0.15) is 35.2 Å². The van der Waals surface area contributed by atoms with Gasteiger partial charge in [-0.2, -0.15) is 11.8 Å². The van der Waals surface area contributed by atoms with Crippen LogP contribution < -0.4 is 4.72 Å². The van der Waals surface area contributed by atoms with E-state index in [2.05, 4.69) is 4.72 Å². The number of nitrogens with zero attached hydrogens (tertiary/aromatic N) is 1. The van der Waals surface area contributed by atoms with Crippen molar-refractivity contribution in [1.29, 1.82) is 0 Å². The van der Waals surface area contributed by atoms with E-state index in [1.165, 1.54) is 17.8 Å². The first kappa shape index (κ1) is 25.7. The molecule has 174 valence electrons. The van der Waals surface area contributed by atoms with Gasteiger partial charge in [-0.3, -0.25) is 4.79 Å². The predicted octanol–water partition coefficient (Wildman–Crippen LogP) is 5.55. The van der Waals surface area contributed by atoms with Crippen LogP contribution in [0.2, 0.25) is 10.0 Å². The highest BCUT2D eigenvalue weighted by Gasteiger charge is 2.23. The molecule has 1 aliphatic heterocycles. The summed E-state index contributed by atoms with van der Waals surface area (Å²) in [5.41, 5.74) is 1.41. The number of halogens is 2. The molecule has 5 nitrogen and oxygen atoms in total. The third kappa shape index (κ3) is 6.81. The van der Waals surface area contributed by atoms with Crippen LogP contribution in [0, 0.1) is 0 Å². The first-order chi connectivity index (χ1) is 15.3. The molecule has 0 unspecified atom stereocenters. The Bertz CT molecular complexity index is 1060. The summed E-state index contributed by atoms with van der Waals surface area (Å²) in [7, 11) is -3.72. The Balaban J connectivity index is 1.61. The largest absolute Gasteiger partial charge is 0.339 e. The maximum atomic E-state index is 13.0. The molecule has 0 saturated carbocycles. The highest BCUT2D eigenvalue weighted by Crippen LogP contribution is 2.27. The van der Waals surface area contributed by atoms with Gasteiger partial charge in [0, 0.05) is 46.1 Å². The van der Waals surface area contributed by atoms with E-state index in [0.29, 0.717) is 27.1 Å². The zero-order chi connectivity index (χ0) is 23.1. The van der Waals surface area contributed by atoms with Crippen molar-refractivity contribution in [2.24, 2.45) is 0 Å². The number of piperidine rings is 1. The summed E-state index contributed by atoms with van der Waals surface area (Å²) >= 11 is 15.1. The lowest BCUT2D eigenvalue weighted by Gasteiger charge is -2.27. The van der Waals surface area contributed by atoms with Gasteiger partial charge in [0.1, 0.15) is 0 Å². The van der Waals surface area contributed by atoms with E-state index in [9.17, 15) is 13.2 Å². The molecule has 0 atom stereocenters. The molecular weight excluding hydrogens is 507 g/mol. The minimum atomic E-state index is -3.72. The molecule has 1 amide bonds. The molecule has 0 aromatic heterocycles. The minimum absolute atomic E-state index is 0.0958. The fourth-order valence-corrected chi connectivity index (χ4v) is 6.62. The van der Waals surface area contributed by atoms with Crippen molar-refractivity contribution in [1.82, 2.24) is 9.62 Å². The lowest BCUT2D eigenvalue weighted by atomic mass is 10.1. The summed E-state index contributed by atoms with van der Waals surface area (Å²) in [6, 6.07) is 10.1. The van der Waals surface area contributed by atoms with Gasteiger partial charge in [0.05, 0.1) is 10.5 Å². The second-order valence-corrected chi connectivity index (χ2v) is 12.0. The van der Waals surface area contributed by atoms with E-state index in [0.717, 1.165) is 42.8 Å². The number of rotatable bonds is 9. The fraction of sp³-hybridized carbons (Fsp3) is 0.409. The van der Waals surface area contributed by atoms with E-state index in [4.69, 9.17) is 23.2 Å². The van der Waals surface area contributed by atoms with Crippen LogP contribution in [0.15, 0.2) is 46.2 Å². The van der Waals surface area contributed by atoms with Crippen molar-refractivity contribution in [2.45, 2.75) is 34.8 Å². The summed E-state index contributed by atoms with van der Waals surface area (Å²) in [4.78, 5) is 15.7. The molecule has 0 bridgehead atoms. The van der Waals surface area contributed by atoms with Crippen LogP contribution in [0.25, 0.3) is 0 Å². The normalized spacial score (nSPS) is 14.5. The SMILES string of the molecule is CSc1ccc(S(=O)(=O)NCCSCc2ccc(Cl)cc2Cl)cc1C(=O)N1CCCCC1. The molecule has 10 heteroatoms. The maximum absolute atomic E-state index is 13.0. The minimum Gasteiger partial charge on any atom is -0.339 e. The fourth-order valence-electron chi connectivity index (χ4n) is 3.44. The molecule has 0 spiro atoms. The Kier molecular flexibility index (Phi) is 9.64. The maximum Gasteiger partial charge on any atom is 0.255 e. The molecule has 3 rings (SSSR count). The second-order valence-electron chi connectivity index (χ2n) is 7.40. The lowest BCUT2D eigenvalue weighted by Crippen LogP contribution is -2.36. The Morgan fingerprint density at radius 2 is 1.84 bits per heavy atom. The van der Waals surface area contributed by atoms with Crippen molar-refractivity contribution >= 4 is 62.7 Å². The zero-order valence-electron chi connectivity index (χ0n) is 17.8. The number of likely N-dealkylation sites (tertiary alicyclic amines) is 1. The standard InChI is InChI=1S/C22H26Cl2N2O3S3/c1-30-21-8-7-18(14-19(21)22(27)26-10-3-2-4-11-26)32(28,29)25-9-12-31-15-16-5-6-17(23)13-20(16)24/h5-8,13-14,25H,2-4,9-12,15H2,1H3. The third-order valence-electron chi connectivity index (χ3n) is 5.17. The molecule has 1 aliphatic rings. The van der Waals surface area contributed by atoms with Crippen molar-refractivity contribution in [3.8, 4) is 0 Å². The molecule has 0 aliphatic carbocycles. The summed E-state index contributed by atoms with van der Waals surface area (Å²) in [6.07, 6.45) is 4.98.